The van der Waals surface area contributed by atoms with Gasteiger partial charge < -0.3 is 9.67 Å². The Morgan fingerprint density at radius 1 is 1.42 bits per heavy atom. The number of rotatable bonds is 6. The van der Waals surface area contributed by atoms with Gasteiger partial charge in [0.1, 0.15) is 5.82 Å². The molecule has 1 aliphatic rings. The molecule has 1 fully saturated rings. The van der Waals surface area contributed by atoms with Gasteiger partial charge in [0.05, 0.1) is 12.1 Å². The van der Waals surface area contributed by atoms with Crippen LogP contribution in [-0.4, -0.2) is 38.6 Å². The number of hydrogen-bond acceptors (Lipinski definition) is 3. The molecule has 1 atom stereocenters. The number of carboxylic acids is 1. The Bertz CT molecular complexity index is 708. The number of benzene rings is 1. The van der Waals surface area contributed by atoms with Gasteiger partial charge in [0.15, 0.2) is 0 Å². The van der Waals surface area contributed by atoms with Crippen LogP contribution in [0.5, 0.6) is 0 Å². The Balaban J connectivity index is 1.58. The van der Waals surface area contributed by atoms with Gasteiger partial charge in [-0.1, -0.05) is 12.1 Å². The molecule has 2 aromatic rings. The summed E-state index contributed by atoms with van der Waals surface area (Å²) in [4.78, 5) is 18.0. The van der Waals surface area contributed by atoms with Crippen LogP contribution in [0, 0.1) is 5.92 Å². The zero-order chi connectivity index (χ0) is 17.1. The van der Waals surface area contributed by atoms with Gasteiger partial charge in [-0.3, -0.25) is 4.90 Å². The number of carbonyl (C=O) groups is 1. The van der Waals surface area contributed by atoms with Crippen molar-refractivity contribution < 1.29 is 9.90 Å². The minimum absolute atomic E-state index is 0.376. The first-order valence-corrected chi connectivity index (χ1v) is 8.59. The van der Waals surface area contributed by atoms with Crippen molar-refractivity contribution in [2.24, 2.45) is 5.92 Å². The number of aromatic nitrogens is 2. The summed E-state index contributed by atoms with van der Waals surface area (Å²) < 4.78 is 2.23. The molecule has 0 aliphatic carbocycles. The largest absolute Gasteiger partial charge is 0.478 e. The second-order valence-corrected chi connectivity index (χ2v) is 6.94. The van der Waals surface area contributed by atoms with E-state index in [1.165, 1.54) is 0 Å². The van der Waals surface area contributed by atoms with Gasteiger partial charge >= 0.3 is 5.97 Å². The van der Waals surface area contributed by atoms with E-state index in [2.05, 4.69) is 28.3 Å². The SMILES string of the molecule is CC(C)n1ccnc1CN1CC[C@@H](Cc2cccc(C(=O)O)c2)C1. The second kappa shape index (κ2) is 7.18. The summed E-state index contributed by atoms with van der Waals surface area (Å²) in [7, 11) is 0. The lowest BCUT2D eigenvalue weighted by Gasteiger charge is -2.18. The van der Waals surface area contributed by atoms with Crippen LogP contribution in [0.4, 0.5) is 0 Å². The molecule has 1 aromatic carbocycles. The molecule has 5 nitrogen and oxygen atoms in total. The summed E-state index contributed by atoms with van der Waals surface area (Å²) in [5.41, 5.74) is 1.49. The molecular weight excluding hydrogens is 302 g/mol. The van der Waals surface area contributed by atoms with Crippen LogP contribution in [0.25, 0.3) is 0 Å². The summed E-state index contributed by atoms with van der Waals surface area (Å²) in [6.45, 7) is 7.36. The normalized spacial score (nSPS) is 18.4. The number of hydrogen-bond donors (Lipinski definition) is 1. The first-order chi connectivity index (χ1) is 11.5. The van der Waals surface area contributed by atoms with Crippen LogP contribution in [0.3, 0.4) is 0 Å². The van der Waals surface area contributed by atoms with Gasteiger partial charge in [0.2, 0.25) is 0 Å². The van der Waals surface area contributed by atoms with Crippen molar-refractivity contribution in [3.05, 3.63) is 53.6 Å². The summed E-state index contributed by atoms with van der Waals surface area (Å²) in [5, 5.41) is 9.11. The maximum absolute atomic E-state index is 11.1. The lowest BCUT2D eigenvalue weighted by Crippen LogP contribution is -2.23. The maximum atomic E-state index is 11.1. The monoisotopic (exact) mass is 327 g/mol. The molecule has 1 aromatic heterocycles. The van der Waals surface area contributed by atoms with E-state index < -0.39 is 5.97 Å². The molecule has 0 amide bonds. The van der Waals surface area contributed by atoms with Gasteiger partial charge in [0, 0.05) is 25.0 Å². The Kier molecular flexibility index (Phi) is 5.00. The van der Waals surface area contributed by atoms with Gasteiger partial charge in [-0.15, -0.1) is 0 Å². The molecule has 2 heterocycles. The fourth-order valence-electron chi connectivity index (χ4n) is 3.52. The number of aromatic carboxylic acids is 1. The highest BCUT2D eigenvalue weighted by Gasteiger charge is 2.24. The molecule has 0 saturated carbocycles. The molecule has 0 bridgehead atoms. The van der Waals surface area contributed by atoms with Crippen LogP contribution in [0.1, 0.15) is 48.1 Å². The minimum atomic E-state index is -0.856. The van der Waals surface area contributed by atoms with E-state index in [0.717, 1.165) is 43.9 Å². The molecule has 0 spiro atoms. The van der Waals surface area contributed by atoms with Gasteiger partial charge in [-0.2, -0.15) is 0 Å². The molecular formula is C19H25N3O2. The summed E-state index contributed by atoms with van der Waals surface area (Å²) in [6.07, 6.45) is 6.02. The standard InChI is InChI=1S/C19H25N3O2/c1-14(2)22-9-7-20-18(22)13-21-8-6-16(12-21)10-15-4-3-5-17(11-15)19(23)24/h3-5,7,9,11,14,16H,6,8,10,12-13H2,1-2H3,(H,23,24)/t16-/m0/s1. The average Bonchev–Trinajstić information content (AvgIpc) is 3.17. The Labute approximate surface area is 142 Å². The number of carboxylic acid groups (broad SMARTS) is 1. The third-order valence-corrected chi connectivity index (χ3v) is 4.74. The Morgan fingerprint density at radius 2 is 2.25 bits per heavy atom. The molecule has 1 N–H and O–H groups in total. The topological polar surface area (TPSA) is 58.4 Å². The zero-order valence-electron chi connectivity index (χ0n) is 14.4. The lowest BCUT2D eigenvalue weighted by atomic mass is 9.97. The Morgan fingerprint density at radius 3 is 3.00 bits per heavy atom. The molecule has 5 heteroatoms. The van der Waals surface area contributed by atoms with E-state index in [-0.39, 0.29) is 0 Å². The van der Waals surface area contributed by atoms with Crippen LogP contribution in [0.2, 0.25) is 0 Å². The number of imidazole rings is 1. The average molecular weight is 327 g/mol. The van der Waals surface area contributed by atoms with Gasteiger partial charge in [-0.25, -0.2) is 9.78 Å². The number of likely N-dealkylation sites (tertiary alicyclic amines) is 1. The molecule has 1 aliphatic heterocycles. The third-order valence-electron chi connectivity index (χ3n) is 4.74. The quantitative estimate of drug-likeness (QED) is 0.885. The van der Waals surface area contributed by atoms with E-state index in [9.17, 15) is 4.79 Å². The fraction of sp³-hybridized carbons (Fsp3) is 0.474. The lowest BCUT2D eigenvalue weighted by molar-refractivity contribution is 0.0696. The highest BCUT2D eigenvalue weighted by Crippen LogP contribution is 2.23. The minimum Gasteiger partial charge on any atom is -0.478 e. The summed E-state index contributed by atoms with van der Waals surface area (Å²) in [5.74, 6) is 0.848. The van der Waals surface area contributed by atoms with Crippen molar-refractivity contribution in [2.75, 3.05) is 13.1 Å². The van der Waals surface area contributed by atoms with E-state index in [1.54, 1.807) is 12.1 Å². The third kappa shape index (κ3) is 3.85. The predicted molar refractivity (Wildman–Crippen MR) is 93.1 cm³/mol. The second-order valence-electron chi connectivity index (χ2n) is 6.94. The van der Waals surface area contributed by atoms with Crippen molar-refractivity contribution in [1.82, 2.24) is 14.5 Å². The number of nitrogens with zero attached hydrogens (tertiary/aromatic N) is 3. The fourth-order valence-corrected chi connectivity index (χ4v) is 3.52. The highest BCUT2D eigenvalue weighted by molar-refractivity contribution is 5.87. The van der Waals surface area contributed by atoms with Crippen molar-refractivity contribution in [2.45, 2.75) is 39.3 Å². The molecule has 0 unspecified atom stereocenters. The van der Waals surface area contributed by atoms with E-state index >= 15 is 0 Å². The van der Waals surface area contributed by atoms with Gasteiger partial charge in [0.25, 0.3) is 0 Å². The molecule has 0 radical (unpaired) electrons. The maximum Gasteiger partial charge on any atom is 0.335 e. The first kappa shape index (κ1) is 16.7. The van der Waals surface area contributed by atoms with Crippen LogP contribution < -0.4 is 0 Å². The van der Waals surface area contributed by atoms with E-state index in [0.29, 0.717) is 17.5 Å². The van der Waals surface area contributed by atoms with Crippen molar-refractivity contribution in [3.8, 4) is 0 Å². The molecule has 24 heavy (non-hydrogen) atoms. The molecule has 128 valence electrons. The predicted octanol–water partition coefficient (Wildman–Crippen LogP) is 3.23. The molecule has 1 saturated heterocycles. The zero-order valence-corrected chi connectivity index (χ0v) is 14.4. The van der Waals surface area contributed by atoms with Crippen molar-refractivity contribution in [3.63, 3.8) is 0 Å². The summed E-state index contributed by atoms with van der Waals surface area (Å²) >= 11 is 0. The van der Waals surface area contributed by atoms with Crippen molar-refractivity contribution in [1.29, 1.82) is 0 Å². The molecule has 3 rings (SSSR count). The van der Waals surface area contributed by atoms with E-state index in [1.807, 2.05) is 24.5 Å². The Hall–Kier alpha value is -2.14. The highest BCUT2D eigenvalue weighted by atomic mass is 16.4. The van der Waals surface area contributed by atoms with Crippen LogP contribution >= 0.6 is 0 Å². The van der Waals surface area contributed by atoms with Gasteiger partial charge in [-0.05, 0) is 56.8 Å². The van der Waals surface area contributed by atoms with Crippen molar-refractivity contribution >= 4 is 5.97 Å². The first-order valence-electron chi connectivity index (χ1n) is 8.59. The summed E-state index contributed by atoms with van der Waals surface area (Å²) in [6, 6.07) is 7.75. The smallest absolute Gasteiger partial charge is 0.335 e. The van der Waals surface area contributed by atoms with E-state index in [4.69, 9.17) is 5.11 Å². The van der Waals surface area contributed by atoms with Crippen LogP contribution in [0.15, 0.2) is 36.7 Å². The van der Waals surface area contributed by atoms with Crippen LogP contribution in [-0.2, 0) is 13.0 Å².